The second-order valence-electron chi connectivity index (χ2n) is 6.11. The first kappa shape index (κ1) is 17.8. The second kappa shape index (κ2) is 7.90. The highest BCUT2D eigenvalue weighted by molar-refractivity contribution is 5.92. The summed E-state index contributed by atoms with van der Waals surface area (Å²) >= 11 is 0. The van der Waals surface area contributed by atoms with Crippen molar-refractivity contribution in [1.29, 1.82) is 0 Å². The van der Waals surface area contributed by atoms with E-state index in [1.807, 2.05) is 0 Å². The minimum Gasteiger partial charge on any atom is -0.339 e. The molecule has 1 N–H and O–H groups in total. The van der Waals surface area contributed by atoms with Crippen molar-refractivity contribution in [3.63, 3.8) is 0 Å². The van der Waals surface area contributed by atoms with E-state index in [0.29, 0.717) is 39.0 Å². The minimum atomic E-state index is -0.365. The maximum atomic E-state index is 13.2. The van der Waals surface area contributed by atoms with Gasteiger partial charge < -0.3 is 9.80 Å². The summed E-state index contributed by atoms with van der Waals surface area (Å²) in [4.78, 5) is 39.0. The zero-order chi connectivity index (χ0) is 18.5. The topological polar surface area (TPSA) is 86.4 Å². The zero-order valence-electron chi connectivity index (χ0n) is 14.2. The van der Waals surface area contributed by atoms with Crippen LogP contribution in [0.3, 0.4) is 0 Å². The molecule has 2 amide bonds. The first-order valence-corrected chi connectivity index (χ1v) is 8.40. The van der Waals surface area contributed by atoms with Crippen molar-refractivity contribution < 1.29 is 14.0 Å². The summed E-state index contributed by atoms with van der Waals surface area (Å²) in [5.41, 5.74) is 0.599. The van der Waals surface area contributed by atoms with E-state index in [9.17, 15) is 18.8 Å². The van der Waals surface area contributed by atoms with Crippen molar-refractivity contribution in [3.05, 3.63) is 63.8 Å². The van der Waals surface area contributed by atoms with Crippen LogP contribution in [-0.2, 0) is 11.2 Å². The number of halogens is 1. The fourth-order valence-electron chi connectivity index (χ4n) is 2.89. The first-order chi connectivity index (χ1) is 12.5. The van der Waals surface area contributed by atoms with Crippen LogP contribution in [0.25, 0.3) is 0 Å². The van der Waals surface area contributed by atoms with Gasteiger partial charge in [-0.1, -0.05) is 12.1 Å². The summed E-state index contributed by atoms with van der Waals surface area (Å²) < 4.78 is 13.2. The number of aromatic amines is 1. The molecule has 2 heterocycles. The lowest BCUT2D eigenvalue weighted by Crippen LogP contribution is -2.50. The van der Waals surface area contributed by atoms with Crippen molar-refractivity contribution >= 4 is 11.8 Å². The van der Waals surface area contributed by atoms with Gasteiger partial charge in [-0.05, 0) is 30.2 Å². The monoisotopic (exact) mass is 358 g/mol. The largest absolute Gasteiger partial charge is 0.339 e. The summed E-state index contributed by atoms with van der Waals surface area (Å²) in [6.07, 6.45) is 0.788. The number of rotatable bonds is 4. The summed E-state index contributed by atoms with van der Waals surface area (Å²) in [7, 11) is 0. The molecule has 2 aromatic rings. The Hall–Kier alpha value is -3.03. The molecule has 1 aliphatic heterocycles. The average molecular weight is 358 g/mol. The molecule has 7 nitrogen and oxygen atoms in total. The maximum absolute atomic E-state index is 13.2. The van der Waals surface area contributed by atoms with Gasteiger partial charge in [-0.25, -0.2) is 9.49 Å². The SMILES string of the molecule is O=C(CCc1cccc(F)c1)N1CCN(C(=O)c2ccc(=O)[nH]n2)CC1. The van der Waals surface area contributed by atoms with Crippen molar-refractivity contribution in [2.45, 2.75) is 12.8 Å². The van der Waals surface area contributed by atoms with Gasteiger partial charge in [0.05, 0.1) is 0 Å². The van der Waals surface area contributed by atoms with E-state index < -0.39 is 0 Å². The van der Waals surface area contributed by atoms with Gasteiger partial charge in [-0.3, -0.25) is 14.4 Å². The number of hydrogen-bond donors (Lipinski definition) is 1. The number of piperazine rings is 1. The van der Waals surface area contributed by atoms with Crippen molar-refractivity contribution in [3.8, 4) is 0 Å². The Kier molecular flexibility index (Phi) is 5.40. The van der Waals surface area contributed by atoms with Crippen LogP contribution in [0.4, 0.5) is 4.39 Å². The van der Waals surface area contributed by atoms with Crippen LogP contribution in [0.2, 0.25) is 0 Å². The Morgan fingerprint density at radius 1 is 1.08 bits per heavy atom. The Bertz CT molecular complexity index is 839. The lowest BCUT2D eigenvalue weighted by atomic mass is 10.1. The molecule has 0 unspecified atom stereocenters. The first-order valence-electron chi connectivity index (χ1n) is 8.40. The molecule has 1 aliphatic rings. The highest BCUT2D eigenvalue weighted by Crippen LogP contribution is 2.10. The quantitative estimate of drug-likeness (QED) is 0.877. The number of amides is 2. The molecule has 0 bridgehead atoms. The third kappa shape index (κ3) is 4.33. The highest BCUT2D eigenvalue weighted by Gasteiger charge is 2.25. The lowest BCUT2D eigenvalue weighted by molar-refractivity contribution is -0.132. The predicted octanol–water partition coefficient (Wildman–Crippen LogP) is 0.826. The summed E-state index contributed by atoms with van der Waals surface area (Å²) in [6, 6.07) is 8.87. The summed E-state index contributed by atoms with van der Waals surface area (Å²) in [5.74, 6) is -0.588. The fourth-order valence-corrected chi connectivity index (χ4v) is 2.89. The fraction of sp³-hybridized carbons (Fsp3) is 0.333. The Labute approximate surface area is 149 Å². The van der Waals surface area contributed by atoms with Crippen LogP contribution in [-0.4, -0.2) is 58.0 Å². The standard InChI is InChI=1S/C18H19FN4O3/c19-14-3-1-2-13(12-14)4-7-17(25)22-8-10-23(11-9-22)18(26)15-5-6-16(24)21-20-15/h1-3,5-6,12H,4,7-11H2,(H,21,24). The van der Waals surface area contributed by atoms with Crippen molar-refractivity contribution in [2.75, 3.05) is 26.2 Å². The molecular weight excluding hydrogens is 339 g/mol. The molecule has 3 rings (SSSR count). The molecule has 26 heavy (non-hydrogen) atoms. The third-order valence-electron chi connectivity index (χ3n) is 4.33. The van der Waals surface area contributed by atoms with Gasteiger partial charge in [-0.2, -0.15) is 5.10 Å². The predicted molar refractivity (Wildman–Crippen MR) is 92.1 cm³/mol. The second-order valence-corrected chi connectivity index (χ2v) is 6.11. The molecule has 8 heteroatoms. The van der Waals surface area contributed by atoms with Crippen LogP contribution >= 0.6 is 0 Å². The van der Waals surface area contributed by atoms with Crippen molar-refractivity contribution in [2.24, 2.45) is 0 Å². The van der Waals surface area contributed by atoms with Crippen LogP contribution in [0, 0.1) is 5.82 Å². The van der Waals surface area contributed by atoms with Gasteiger partial charge in [0.2, 0.25) is 5.91 Å². The molecule has 0 spiro atoms. The normalized spacial score (nSPS) is 14.3. The van der Waals surface area contributed by atoms with E-state index in [4.69, 9.17) is 0 Å². The van der Waals surface area contributed by atoms with Gasteiger partial charge >= 0.3 is 0 Å². The van der Waals surface area contributed by atoms with Crippen LogP contribution < -0.4 is 5.56 Å². The van der Waals surface area contributed by atoms with Gasteiger partial charge in [0.25, 0.3) is 11.5 Å². The van der Waals surface area contributed by atoms with E-state index in [0.717, 1.165) is 5.56 Å². The van der Waals surface area contributed by atoms with Gasteiger partial charge in [-0.15, -0.1) is 0 Å². The average Bonchev–Trinajstić information content (AvgIpc) is 2.66. The smallest absolute Gasteiger partial charge is 0.274 e. The van der Waals surface area contributed by atoms with E-state index in [-0.39, 0.29) is 28.9 Å². The Morgan fingerprint density at radius 3 is 2.46 bits per heavy atom. The maximum Gasteiger partial charge on any atom is 0.274 e. The van der Waals surface area contributed by atoms with Crippen LogP contribution in [0.1, 0.15) is 22.5 Å². The van der Waals surface area contributed by atoms with Gasteiger partial charge in [0, 0.05) is 38.7 Å². The molecule has 0 aliphatic carbocycles. The number of benzene rings is 1. The Balaban J connectivity index is 1.49. The van der Waals surface area contributed by atoms with Gasteiger partial charge in [0.15, 0.2) is 0 Å². The molecule has 1 aromatic carbocycles. The third-order valence-corrected chi connectivity index (χ3v) is 4.33. The molecule has 136 valence electrons. The molecule has 0 radical (unpaired) electrons. The van der Waals surface area contributed by atoms with E-state index in [1.165, 1.54) is 24.3 Å². The van der Waals surface area contributed by atoms with E-state index in [1.54, 1.807) is 21.9 Å². The van der Waals surface area contributed by atoms with E-state index in [2.05, 4.69) is 10.2 Å². The molecule has 1 aromatic heterocycles. The molecule has 0 atom stereocenters. The highest BCUT2D eigenvalue weighted by atomic mass is 19.1. The zero-order valence-corrected chi connectivity index (χ0v) is 14.2. The van der Waals surface area contributed by atoms with Crippen LogP contribution in [0.15, 0.2) is 41.2 Å². The number of nitrogens with one attached hydrogen (secondary N) is 1. The van der Waals surface area contributed by atoms with Gasteiger partial charge in [0.1, 0.15) is 11.5 Å². The molecular formula is C18H19FN4O3. The summed E-state index contributed by atoms with van der Waals surface area (Å²) in [6.45, 7) is 1.70. The molecule has 1 saturated heterocycles. The molecule has 1 fully saturated rings. The number of aromatic nitrogens is 2. The Morgan fingerprint density at radius 2 is 1.81 bits per heavy atom. The number of nitrogens with zero attached hydrogens (tertiary/aromatic N) is 3. The van der Waals surface area contributed by atoms with Crippen LogP contribution in [0.5, 0.6) is 0 Å². The number of carbonyl (C=O) groups excluding carboxylic acids is 2. The minimum absolute atomic E-state index is 0.0106. The van der Waals surface area contributed by atoms with Crippen molar-refractivity contribution in [1.82, 2.24) is 20.0 Å². The number of aryl methyl sites for hydroxylation is 1. The number of carbonyl (C=O) groups is 2. The lowest BCUT2D eigenvalue weighted by Gasteiger charge is -2.34. The molecule has 0 saturated carbocycles. The number of hydrogen-bond acceptors (Lipinski definition) is 4. The number of H-pyrrole nitrogens is 1. The summed E-state index contributed by atoms with van der Waals surface area (Å²) in [5, 5.41) is 5.98. The van der Waals surface area contributed by atoms with E-state index >= 15 is 0 Å².